The number of para-hydroxylation sites is 1. The van der Waals surface area contributed by atoms with Crippen molar-refractivity contribution in [2.45, 2.75) is 13.0 Å². The number of carbonyl (C=O) groups excluding carboxylic acids is 3. The Kier molecular flexibility index (Phi) is 6.87. The second-order valence-electron chi connectivity index (χ2n) is 7.79. The van der Waals surface area contributed by atoms with Gasteiger partial charge < -0.3 is 14.8 Å². The predicted octanol–water partition coefficient (Wildman–Crippen LogP) is 3.69. The molecule has 1 atom stereocenters. The van der Waals surface area contributed by atoms with Crippen LogP contribution >= 0.6 is 0 Å². The number of amides is 2. The first-order valence-electron chi connectivity index (χ1n) is 10.7. The third kappa shape index (κ3) is 5.23. The van der Waals surface area contributed by atoms with Crippen molar-refractivity contribution in [3.63, 3.8) is 0 Å². The number of Topliss-reactive ketones (excluding diaryl/α,β-unsaturated/α-hetero) is 1. The molecule has 1 aliphatic heterocycles. The number of hydrogen-bond acceptors (Lipinski definition) is 5. The third-order valence-electron chi connectivity index (χ3n) is 5.40. The largest absolute Gasteiger partial charge is 0.482 e. The van der Waals surface area contributed by atoms with Gasteiger partial charge in [0.15, 0.2) is 30.6 Å². The Hall–Kier alpha value is -4.20. The molecule has 3 aromatic carbocycles. The highest BCUT2D eigenvalue weighted by Gasteiger charge is 2.29. The molecule has 0 aliphatic carbocycles. The van der Waals surface area contributed by atoms with Crippen molar-refractivity contribution in [2.24, 2.45) is 0 Å². The number of carbonyl (C=O) groups is 3. The summed E-state index contributed by atoms with van der Waals surface area (Å²) in [6.45, 7) is 1.03. The molecule has 34 heavy (non-hydrogen) atoms. The summed E-state index contributed by atoms with van der Waals surface area (Å²) in [5, 5.41) is 2.88. The van der Waals surface area contributed by atoms with Crippen LogP contribution in [0.4, 0.5) is 10.1 Å². The van der Waals surface area contributed by atoms with Crippen molar-refractivity contribution < 1.29 is 28.2 Å². The van der Waals surface area contributed by atoms with Crippen molar-refractivity contribution in [1.82, 2.24) is 5.32 Å². The van der Waals surface area contributed by atoms with Gasteiger partial charge in [0.25, 0.3) is 5.91 Å². The number of nitrogens with one attached hydrogen (secondary N) is 1. The topological polar surface area (TPSA) is 84.9 Å². The van der Waals surface area contributed by atoms with Crippen LogP contribution in [0.25, 0.3) is 0 Å². The smallest absolute Gasteiger partial charge is 0.265 e. The number of hydrogen-bond donors (Lipinski definition) is 1. The average Bonchev–Trinajstić information content (AvgIpc) is 2.85. The van der Waals surface area contributed by atoms with E-state index in [0.717, 1.165) is 5.56 Å². The fourth-order valence-corrected chi connectivity index (χ4v) is 3.59. The van der Waals surface area contributed by atoms with Gasteiger partial charge in [-0.05, 0) is 42.8 Å². The molecule has 174 valence electrons. The van der Waals surface area contributed by atoms with Gasteiger partial charge in [0.2, 0.25) is 5.91 Å². The third-order valence-corrected chi connectivity index (χ3v) is 5.40. The van der Waals surface area contributed by atoms with E-state index in [0.29, 0.717) is 11.4 Å². The summed E-state index contributed by atoms with van der Waals surface area (Å²) in [4.78, 5) is 39.2. The first-order chi connectivity index (χ1) is 16.4. The van der Waals surface area contributed by atoms with E-state index >= 15 is 0 Å². The number of benzene rings is 3. The zero-order valence-corrected chi connectivity index (χ0v) is 18.5. The minimum Gasteiger partial charge on any atom is -0.482 e. The van der Waals surface area contributed by atoms with Crippen molar-refractivity contribution in [3.05, 3.63) is 89.7 Å². The Labute approximate surface area is 196 Å². The van der Waals surface area contributed by atoms with Crippen LogP contribution in [0.5, 0.6) is 11.5 Å². The first kappa shape index (κ1) is 23.0. The van der Waals surface area contributed by atoms with Gasteiger partial charge in [-0.3, -0.25) is 19.3 Å². The van der Waals surface area contributed by atoms with Gasteiger partial charge in [0, 0.05) is 5.56 Å². The minimum atomic E-state index is -0.568. The quantitative estimate of drug-likeness (QED) is 0.516. The Bertz CT molecular complexity index is 1210. The fraction of sp³-hybridized carbons (Fsp3) is 0.192. The van der Waals surface area contributed by atoms with Crippen LogP contribution in [-0.2, 0) is 9.59 Å². The van der Waals surface area contributed by atoms with Gasteiger partial charge in [0.1, 0.15) is 12.3 Å². The van der Waals surface area contributed by atoms with E-state index in [2.05, 4.69) is 5.32 Å². The zero-order valence-electron chi connectivity index (χ0n) is 18.5. The van der Waals surface area contributed by atoms with Crippen LogP contribution < -0.4 is 19.7 Å². The Morgan fingerprint density at radius 1 is 1.09 bits per heavy atom. The lowest BCUT2D eigenvalue weighted by molar-refractivity contribution is -0.125. The number of fused-ring (bicyclic) bond motifs is 1. The fourth-order valence-electron chi connectivity index (χ4n) is 3.59. The van der Waals surface area contributed by atoms with Crippen molar-refractivity contribution in [3.8, 4) is 11.5 Å². The normalized spacial score (nSPS) is 13.5. The lowest BCUT2D eigenvalue weighted by Gasteiger charge is -2.29. The number of ether oxygens (including phenoxy) is 2. The standard InChI is InChI=1S/C26H23FN2O5/c1-17(18-7-3-2-4-8-18)28-25(31)14-29-21-13-19(11-12-24(21)34-16-26(29)32)22(30)15-33-23-10-6-5-9-20(23)27/h2-13,17H,14-16H2,1H3,(H,28,31)/t17-/m1/s1. The van der Waals surface area contributed by atoms with E-state index in [1.54, 1.807) is 12.1 Å². The van der Waals surface area contributed by atoms with Crippen molar-refractivity contribution in [2.75, 3.05) is 24.7 Å². The molecule has 0 aromatic heterocycles. The highest BCUT2D eigenvalue weighted by Crippen LogP contribution is 2.33. The molecular formula is C26H23FN2O5. The first-order valence-corrected chi connectivity index (χ1v) is 10.7. The maximum atomic E-state index is 13.7. The Morgan fingerprint density at radius 2 is 1.82 bits per heavy atom. The molecule has 0 radical (unpaired) electrons. The summed E-state index contributed by atoms with van der Waals surface area (Å²) in [6.07, 6.45) is 0. The number of halogens is 1. The van der Waals surface area contributed by atoms with Gasteiger partial charge in [0.05, 0.1) is 11.7 Å². The minimum absolute atomic E-state index is 0.0295. The van der Waals surface area contributed by atoms with Gasteiger partial charge in [-0.1, -0.05) is 42.5 Å². The molecule has 0 spiro atoms. The summed E-state index contributed by atoms with van der Waals surface area (Å²) in [6, 6.07) is 19.6. The van der Waals surface area contributed by atoms with Crippen molar-refractivity contribution in [1.29, 1.82) is 0 Å². The number of nitrogens with zero attached hydrogens (tertiary/aromatic N) is 1. The van der Waals surface area contributed by atoms with E-state index in [1.807, 2.05) is 37.3 Å². The highest BCUT2D eigenvalue weighted by atomic mass is 19.1. The highest BCUT2D eigenvalue weighted by molar-refractivity contribution is 6.04. The van der Waals surface area contributed by atoms with E-state index in [4.69, 9.17) is 9.47 Å². The summed E-state index contributed by atoms with van der Waals surface area (Å²) in [7, 11) is 0. The maximum Gasteiger partial charge on any atom is 0.265 e. The van der Waals surface area contributed by atoms with E-state index in [9.17, 15) is 18.8 Å². The van der Waals surface area contributed by atoms with E-state index < -0.39 is 17.5 Å². The average molecular weight is 462 g/mol. The molecule has 3 aromatic rings. The monoisotopic (exact) mass is 462 g/mol. The molecule has 0 bridgehead atoms. The number of ketones is 1. The molecule has 1 heterocycles. The second-order valence-corrected chi connectivity index (χ2v) is 7.79. The van der Waals surface area contributed by atoms with Crippen LogP contribution in [-0.4, -0.2) is 37.4 Å². The maximum absolute atomic E-state index is 13.7. The molecule has 0 saturated heterocycles. The lowest BCUT2D eigenvalue weighted by Crippen LogP contribution is -2.45. The zero-order chi connectivity index (χ0) is 24.1. The molecule has 2 amide bonds. The Morgan fingerprint density at radius 3 is 2.59 bits per heavy atom. The SMILES string of the molecule is C[C@@H](NC(=O)CN1C(=O)COc2ccc(C(=O)COc3ccccc3F)cc21)c1ccccc1. The van der Waals surface area contributed by atoms with Gasteiger partial charge in [-0.25, -0.2) is 4.39 Å². The molecule has 0 saturated carbocycles. The Balaban J connectivity index is 1.47. The van der Waals surface area contributed by atoms with Crippen molar-refractivity contribution >= 4 is 23.3 Å². The van der Waals surface area contributed by atoms with Crippen LogP contribution in [0.1, 0.15) is 28.9 Å². The van der Waals surface area contributed by atoms with E-state index in [-0.39, 0.29) is 43.0 Å². The lowest BCUT2D eigenvalue weighted by atomic mass is 10.1. The van der Waals surface area contributed by atoms with E-state index in [1.165, 1.54) is 35.2 Å². The summed E-state index contributed by atoms with van der Waals surface area (Å²) in [5.74, 6) is -1.37. The molecule has 7 nitrogen and oxygen atoms in total. The molecule has 0 fully saturated rings. The number of rotatable bonds is 8. The molecule has 1 N–H and O–H groups in total. The van der Waals surface area contributed by atoms with Crippen LogP contribution in [0.15, 0.2) is 72.8 Å². The van der Waals surface area contributed by atoms with Crippen LogP contribution in [0.2, 0.25) is 0 Å². The molecule has 1 aliphatic rings. The van der Waals surface area contributed by atoms with Crippen LogP contribution in [0, 0.1) is 5.82 Å². The molecular weight excluding hydrogens is 439 g/mol. The molecule has 0 unspecified atom stereocenters. The van der Waals surface area contributed by atoms with Gasteiger partial charge >= 0.3 is 0 Å². The van der Waals surface area contributed by atoms with Gasteiger partial charge in [-0.15, -0.1) is 0 Å². The summed E-state index contributed by atoms with van der Waals surface area (Å²) >= 11 is 0. The summed E-state index contributed by atoms with van der Waals surface area (Å²) in [5.41, 5.74) is 1.50. The molecule has 4 rings (SSSR count). The molecule has 8 heteroatoms. The number of anilines is 1. The summed E-state index contributed by atoms with van der Waals surface area (Å²) < 4.78 is 24.5. The predicted molar refractivity (Wildman–Crippen MR) is 124 cm³/mol. The van der Waals surface area contributed by atoms with Gasteiger partial charge in [-0.2, -0.15) is 0 Å². The van der Waals surface area contributed by atoms with Crippen LogP contribution in [0.3, 0.4) is 0 Å². The second kappa shape index (κ2) is 10.2.